The zero-order valence-electron chi connectivity index (χ0n) is 17.1. The highest BCUT2D eigenvalue weighted by Crippen LogP contribution is 2.30. The lowest BCUT2D eigenvalue weighted by Crippen LogP contribution is -2.40. The molecule has 31 heavy (non-hydrogen) atoms. The maximum absolute atomic E-state index is 13.0. The Kier molecular flexibility index (Phi) is 7.13. The van der Waals surface area contributed by atoms with Gasteiger partial charge in [-0.15, -0.1) is 0 Å². The van der Waals surface area contributed by atoms with Crippen LogP contribution in [0.1, 0.15) is 18.4 Å². The topological polar surface area (TPSA) is 41.6 Å². The van der Waals surface area contributed by atoms with E-state index in [4.69, 9.17) is 27.9 Å². The molecule has 3 aromatic carbocycles. The summed E-state index contributed by atoms with van der Waals surface area (Å²) in [6.45, 7) is 2.33. The molecule has 4 rings (SSSR count). The number of anilines is 1. The number of hydrogen-bond acceptors (Lipinski definition) is 3. The van der Waals surface area contributed by atoms with Gasteiger partial charge in [0.05, 0.1) is 11.6 Å². The van der Waals surface area contributed by atoms with Crippen molar-refractivity contribution in [2.45, 2.75) is 19.4 Å². The summed E-state index contributed by atoms with van der Waals surface area (Å²) < 4.78 is 5.97. The molecule has 1 saturated heterocycles. The van der Waals surface area contributed by atoms with Crippen molar-refractivity contribution in [3.8, 4) is 11.5 Å². The number of halogens is 2. The van der Waals surface area contributed by atoms with Crippen molar-refractivity contribution >= 4 is 34.8 Å². The third-order valence-electron chi connectivity index (χ3n) is 5.40. The van der Waals surface area contributed by atoms with Crippen LogP contribution in [0.3, 0.4) is 0 Å². The first kappa shape index (κ1) is 21.7. The minimum Gasteiger partial charge on any atom is -0.455 e. The number of ether oxygens (including phenoxy) is 1. The molecule has 1 aliphatic rings. The minimum atomic E-state index is -0.0930. The SMILES string of the molecule is O=C(Nc1ccccc1Oc1ccccc1)C1CCCN(Cc2ccc(Cl)cc2Cl)C1. The molecule has 4 nitrogen and oxygen atoms in total. The van der Waals surface area contributed by atoms with Gasteiger partial charge in [0.1, 0.15) is 5.75 Å². The number of carbonyl (C=O) groups is 1. The maximum atomic E-state index is 13.0. The molecule has 160 valence electrons. The Balaban J connectivity index is 1.41. The predicted octanol–water partition coefficient (Wildman–Crippen LogP) is 6.64. The van der Waals surface area contributed by atoms with Crippen molar-refractivity contribution in [2.75, 3.05) is 18.4 Å². The normalized spacial score (nSPS) is 16.6. The van der Waals surface area contributed by atoms with Crippen LogP contribution < -0.4 is 10.1 Å². The monoisotopic (exact) mass is 454 g/mol. The number of likely N-dealkylation sites (tertiary alicyclic amines) is 1. The van der Waals surface area contributed by atoms with Crippen LogP contribution in [0.5, 0.6) is 11.5 Å². The van der Waals surface area contributed by atoms with Gasteiger partial charge >= 0.3 is 0 Å². The van der Waals surface area contributed by atoms with Crippen LogP contribution >= 0.6 is 23.2 Å². The number of nitrogens with zero attached hydrogens (tertiary/aromatic N) is 1. The Labute approximate surface area is 192 Å². The lowest BCUT2D eigenvalue weighted by atomic mass is 9.96. The summed E-state index contributed by atoms with van der Waals surface area (Å²) in [6.07, 6.45) is 1.82. The summed E-state index contributed by atoms with van der Waals surface area (Å²) >= 11 is 12.3. The molecule has 0 aliphatic carbocycles. The summed E-state index contributed by atoms with van der Waals surface area (Å²) in [5.74, 6) is 1.27. The standard InChI is InChI=1S/C25H24Cl2N2O2/c26-20-13-12-18(22(27)15-20)16-29-14-6-7-19(17-29)25(30)28-23-10-4-5-11-24(23)31-21-8-2-1-3-9-21/h1-5,8-13,15,19H,6-7,14,16-17H2,(H,28,30). The van der Waals surface area contributed by atoms with E-state index in [0.717, 1.165) is 30.7 Å². The Hall–Kier alpha value is -2.53. The average molecular weight is 455 g/mol. The second-order valence-electron chi connectivity index (χ2n) is 7.71. The van der Waals surface area contributed by atoms with Crippen LogP contribution in [0.2, 0.25) is 10.0 Å². The molecule has 0 spiro atoms. The predicted molar refractivity (Wildman–Crippen MR) is 126 cm³/mol. The van der Waals surface area contributed by atoms with Gasteiger partial charge in [-0.3, -0.25) is 9.69 Å². The van der Waals surface area contributed by atoms with E-state index < -0.39 is 0 Å². The third-order valence-corrected chi connectivity index (χ3v) is 5.99. The van der Waals surface area contributed by atoms with Crippen LogP contribution in [-0.4, -0.2) is 23.9 Å². The van der Waals surface area contributed by atoms with Gasteiger partial charge in [-0.05, 0) is 61.3 Å². The molecule has 1 N–H and O–H groups in total. The number of carbonyl (C=O) groups excluding carboxylic acids is 1. The van der Waals surface area contributed by atoms with Gasteiger partial charge < -0.3 is 10.1 Å². The molecule has 3 aromatic rings. The third kappa shape index (κ3) is 5.79. The van der Waals surface area contributed by atoms with Crippen molar-refractivity contribution in [2.24, 2.45) is 5.92 Å². The highest BCUT2D eigenvalue weighted by molar-refractivity contribution is 6.35. The number of piperidine rings is 1. The van der Waals surface area contributed by atoms with Crippen LogP contribution in [0.15, 0.2) is 72.8 Å². The molecule has 1 aliphatic heterocycles. The average Bonchev–Trinajstić information content (AvgIpc) is 2.78. The summed E-state index contributed by atoms with van der Waals surface area (Å²) in [4.78, 5) is 15.3. The molecule has 6 heteroatoms. The molecule has 1 amide bonds. The molecular weight excluding hydrogens is 431 g/mol. The lowest BCUT2D eigenvalue weighted by molar-refractivity contribution is -0.121. The van der Waals surface area contributed by atoms with E-state index >= 15 is 0 Å². The number of nitrogens with one attached hydrogen (secondary N) is 1. The summed E-state index contributed by atoms with van der Waals surface area (Å²) in [5.41, 5.74) is 1.70. The van der Waals surface area contributed by atoms with Gasteiger partial charge in [-0.2, -0.15) is 0 Å². The number of rotatable bonds is 6. The molecule has 1 atom stereocenters. The van der Waals surface area contributed by atoms with Crippen molar-refractivity contribution < 1.29 is 9.53 Å². The largest absolute Gasteiger partial charge is 0.455 e. The van der Waals surface area contributed by atoms with E-state index in [0.29, 0.717) is 34.6 Å². The van der Waals surface area contributed by atoms with E-state index in [1.807, 2.05) is 66.7 Å². The van der Waals surface area contributed by atoms with Crippen molar-refractivity contribution in [3.63, 3.8) is 0 Å². The molecular formula is C25H24Cl2N2O2. The van der Waals surface area contributed by atoms with E-state index in [1.54, 1.807) is 6.07 Å². The zero-order chi connectivity index (χ0) is 21.6. The van der Waals surface area contributed by atoms with Crippen molar-refractivity contribution in [1.82, 2.24) is 4.90 Å². The minimum absolute atomic E-state index is 0.0102. The van der Waals surface area contributed by atoms with Gasteiger partial charge in [-0.25, -0.2) is 0 Å². The van der Waals surface area contributed by atoms with Gasteiger partial charge in [0.2, 0.25) is 5.91 Å². The Morgan fingerprint density at radius 1 is 1.03 bits per heavy atom. The Morgan fingerprint density at radius 3 is 2.61 bits per heavy atom. The molecule has 0 aromatic heterocycles. The second kappa shape index (κ2) is 10.2. The maximum Gasteiger partial charge on any atom is 0.228 e. The smallest absolute Gasteiger partial charge is 0.228 e. The van der Waals surface area contributed by atoms with Crippen molar-refractivity contribution in [1.29, 1.82) is 0 Å². The first-order valence-corrected chi connectivity index (χ1v) is 11.1. The van der Waals surface area contributed by atoms with E-state index in [-0.39, 0.29) is 11.8 Å². The molecule has 0 bridgehead atoms. The van der Waals surface area contributed by atoms with Crippen LogP contribution in [0.25, 0.3) is 0 Å². The Bertz CT molecular complexity index is 1040. The second-order valence-corrected chi connectivity index (χ2v) is 8.55. The Morgan fingerprint density at radius 2 is 1.81 bits per heavy atom. The fraction of sp³-hybridized carbons (Fsp3) is 0.240. The summed E-state index contributed by atoms with van der Waals surface area (Å²) in [5, 5.41) is 4.35. The summed E-state index contributed by atoms with van der Waals surface area (Å²) in [7, 11) is 0. The van der Waals surface area contributed by atoms with E-state index in [2.05, 4.69) is 10.2 Å². The van der Waals surface area contributed by atoms with Gasteiger partial charge in [0, 0.05) is 23.1 Å². The first-order valence-electron chi connectivity index (χ1n) is 10.4. The fourth-order valence-corrected chi connectivity index (χ4v) is 4.28. The van der Waals surface area contributed by atoms with Crippen LogP contribution in [0.4, 0.5) is 5.69 Å². The molecule has 1 heterocycles. The molecule has 1 fully saturated rings. The molecule has 0 radical (unpaired) electrons. The van der Waals surface area contributed by atoms with Crippen LogP contribution in [-0.2, 0) is 11.3 Å². The highest BCUT2D eigenvalue weighted by Gasteiger charge is 2.26. The van der Waals surface area contributed by atoms with E-state index in [9.17, 15) is 4.79 Å². The fourth-order valence-electron chi connectivity index (χ4n) is 3.81. The number of para-hydroxylation sites is 3. The van der Waals surface area contributed by atoms with Crippen LogP contribution in [0, 0.1) is 5.92 Å². The molecule has 1 unspecified atom stereocenters. The van der Waals surface area contributed by atoms with Gasteiger partial charge in [0.25, 0.3) is 0 Å². The first-order chi connectivity index (χ1) is 15.1. The lowest BCUT2D eigenvalue weighted by Gasteiger charge is -2.32. The number of hydrogen-bond donors (Lipinski definition) is 1. The van der Waals surface area contributed by atoms with Gasteiger partial charge in [0.15, 0.2) is 5.75 Å². The molecule has 0 saturated carbocycles. The zero-order valence-corrected chi connectivity index (χ0v) is 18.6. The number of amides is 1. The van der Waals surface area contributed by atoms with Crippen molar-refractivity contribution in [3.05, 3.63) is 88.4 Å². The number of benzene rings is 3. The van der Waals surface area contributed by atoms with Gasteiger partial charge in [-0.1, -0.05) is 59.6 Å². The quantitative estimate of drug-likeness (QED) is 0.453. The van der Waals surface area contributed by atoms with E-state index in [1.165, 1.54) is 0 Å². The highest BCUT2D eigenvalue weighted by atomic mass is 35.5. The summed E-state index contributed by atoms with van der Waals surface area (Å²) in [6, 6.07) is 22.6.